The van der Waals surface area contributed by atoms with Gasteiger partial charge >= 0.3 is 0 Å². The van der Waals surface area contributed by atoms with Crippen LogP contribution in [0.5, 0.6) is 5.75 Å². The van der Waals surface area contributed by atoms with Crippen LogP contribution in [0.3, 0.4) is 0 Å². The Bertz CT molecular complexity index is 347. The van der Waals surface area contributed by atoms with Gasteiger partial charge in [0.25, 0.3) is 0 Å². The van der Waals surface area contributed by atoms with Gasteiger partial charge in [0.05, 0.1) is 19.3 Å². The van der Waals surface area contributed by atoms with Crippen molar-refractivity contribution in [2.75, 3.05) is 19.8 Å². The molecule has 3 nitrogen and oxygen atoms in total. The Hall–Kier alpha value is -1.06. The van der Waals surface area contributed by atoms with E-state index in [9.17, 15) is 0 Å². The van der Waals surface area contributed by atoms with Gasteiger partial charge < -0.3 is 14.8 Å². The molecule has 0 bridgehead atoms. The second-order valence-corrected chi connectivity index (χ2v) is 5.37. The summed E-state index contributed by atoms with van der Waals surface area (Å²) in [5.74, 6) is 0.915. The summed E-state index contributed by atoms with van der Waals surface area (Å²) in [5.41, 5.74) is 1.11. The van der Waals surface area contributed by atoms with Crippen molar-refractivity contribution < 1.29 is 9.47 Å². The van der Waals surface area contributed by atoms with Crippen LogP contribution in [0.25, 0.3) is 0 Å². The van der Waals surface area contributed by atoms with Crippen LogP contribution in [0.2, 0.25) is 0 Å². The molecular weight excluding hydrogens is 214 g/mol. The van der Waals surface area contributed by atoms with Crippen molar-refractivity contribution in [3.8, 4) is 5.75 Å². The summed E-state index contributed by atoms with van der Waals surface area (Å²) in [4.78, 5) is 0. The molecule has 94 valence electrons. The maximum absolute atomic E-state index is 5.79. The van der Waals surface area contributed by atoms with Gasteiger partial charge in [0.2, 0.25) is 0 Å². The summed E-state index contributed by atoms with van der Waals surface area (Å²) < 4.78 is 11.2. The SMILES string of the molecule is CC(C)(C)Oc1ccc([C@H]2COCCN2)cc1. The zero-order valence-corrected chi connectivity index (χ0v) is 10.8. The Labute approximate surface area is 103 Å². The summed E-state index contributed by atoms with van der Waals surface area (Å²) in [5, 5.41) is 3.44. The first-order valence-corrected chi connectivity index (χ1v) is 6.15. The Kier molecular flexibility index (Phi) is 3.69. The van der Waals surface area contributed by atoms with Crippen molar-refractivity contribution in [3.63, 3.8) is 0 Å². The number of nitrogens with one attached hydrogen (secondary N) is 1. The maximum Gasteiger partial charge on any atom is 0.120 e. The highest BCUT2D eigenvalue weighted by Crippen LogP contribution is 2.22. The molecule has 1 aromatic carbocycles. The Balaban J connectivity index is 2.02. The molecule has 17 heavy (non-hydrogen) atoms. The smallest absolute Gasteiger partial charge is 0.120 e. The van der Waals surface area contributed by atoms with Crippen LogP contribution in [0.4, 0.5) is 0 Å². The van der Waals surface area contributed by atoms with Crippen LogP contribution in [-0.2, 0) is 4.74 Å². The molecule has 0 amide bonds. The highest BCUT2D eigenvalue weighted by atomic mass is 16.5. The van der Waals surface area contributed by atoms with Gasteiger partial charge in [-0.2, -0.15) is 0 Å². The fraction of sp³-hybridized carbons (Fsp3) is 0.571. The van der Waals surface area contributed by atoms with Gasteiger partial charge in [0, 0.05) is 6.54 Å². The second kappa shape index (κ2) is 5.07. The van der Waals surface area contributed by atoms with Crippen LogP contribution in [-0.4, -0.2) is 25.4 Å². The largest absolute Gasteiger partial charge is 0.488 e. The van der Waals surface area contributed by atoms with Crippen molar-refractivity contribution in [3.05, 3.63) is 29.8 Å². The van der Waals surface area contributed by atoms with Crippen LogP contribution >= 0.6 is 0 Å². The number of morpholine rings is 1. The van der Waals surface area contributed by atoms with E-state index >= 15 is 0 Å². The molecule has 1 atom stereocenters. The first kappa shape index (κ1) is 12.4. The fourth-order valence-corrected chi connectivity index (χ4v) is 1.90. The van der Waals surface area contributed by atoms with Gasteiger partial charge in [0.15, 0.2) is 0 Å². The molecule has 3 heteroatoms. The van der Waals surface area contributed by atoms with Crippen molar-refractivity contribution in [1.29, 1.82) is 0 Å². The quantitative estimate of drug-likeness (QED) is 0.854. The average molecular weight is 235 g/mol. The molecule has 1 saturated heterocycles. The number of ether oxygens (including phenoxy) is 2. The van der Waals surface area contributed by atoms with Crippen LogP contribution in [0.15, 0.2) is 24.3 Å². The lowest BCUT2D eigenvalue weighted by Crippen LogP contribution is -2.34. The summed E-state index contributed by atoms with van der Waals surface area (Å²) in [6.07, 6.45) is 0. The van der Waals surface area contributed by atoms with Crippen LogP contribution in [0, 0.1) is 0 Å². The molecular formula is C14H21NO2. The van der Waals surface area contributed by atoms with E-state index in [-0.39, 0.29) is 5.60 Å². The number of hydrogen-bond donors (Lipinski definition) is 1. The standard InChI is InChI=1S/C14H21NO2/c1-14(2,3)17-12-6-4-11(5-7-12)13-10-16-9-8-15-13/h4-7,13,15H,8-10H2,1-3H3/t13-/m1/s1. The summed E-state index contributed by atoms with van der Waals surface area (Å²) in [6, 6.07) is 8.57. The van der Waals surface area contributed by atoms with Crippen molar-refractivity contribution in [1.82, 2.24) is 5.32 Å². The molecule has 1 aromatic rings. The van der Waals surface area contributed by atoms with E-state index in [1.807, 2.05) is 12.1 Å². The topological polar surface area (TPSA) is 30.5 Å². The van der Waals surface area contributed by atoms with Gasteiger partial charge in [-0.25, -0.2) is 0 Å². The third kappa shape index (κ3) is 3.72. The van der Waals surface area contributed by atoms with Gasteiger partial charge in [-0.3, -0.25) is 0 Å². The van der Waals surface area contributed by atoms with Gasteiger partial charge in [-0.15, -0.1) is 0 Å². The third-order valence-electron chi connectivity index (χ3n) is 2.63. The Morgan fingerprint density at radius 1 is 1.24 bits per heavy atom. The molecule has 1 heterocycles. The summed E-state index contributed by atoms with van der Waals surface area (Å²) >= 11 is 0. The number of hydrogen-bond acceptors (Lipinski definition) is 3. The van der Waals surface area contributed by atoms with E-state index in [4.69, 9.17) is 9.47 Å². The van der Waals surface area contributed by atoms with Gasteiger partial charge in [-0.05, 0) is 38.5 Å². The number of rotatable bonds is 2. The lowest BCUT2D eigenvalue weighted by atomic mass is 10.1. The Morgan fingerprint density at radius 2 is 1.94 bits per heavy atom. The monoisotopic (exact) mass is 235 g/mol. The molecule has 0 radical (unpaired) electrons. The molecule has 0 spiro atoms. The van der Waals surface area contributed by atoms with E-state index in [2.05, 4.69) is 38.2 Å². The normalized spacial score (nSPS) is 21.2. The summed E-state index contributed by atoms with van der Waals surface area (Å²) in [6.45, 7) is 8.64. The average Bonchev–Trinajstić information content (AvgIpc) is 2.29. The zero-order chi connectivity index (χ0) is 12.3. The highest BCUT2D eigenvalue weighted by Gasteiger charge is 2.16. The molecule has 1 N–H and O–H groups in total. The zero-order valence-electron chi connectivity index (χ0n) is 10.8. The minimum atomic E-state index is -0.145. The van der Waals surface area contributed by atoms with Crippen LogP contribution in [0.1, 0.15) is 32.4 Å². The Morgan fingerprint density at radius 3 is 2.47 bits per heavy atom. The molecule has 0 aromatic heterocycles. The maximum atomic E-state index is 5.79. The van der Waals surface area contributed by atoms with Crippen LogP contribution < -0.4 is 10.1 Å². The van der Waals surface area contributed by atoms with Crippen molar-refractivity contribution >= 4 is 0 Å². The lowest BCUT2D eigenvalue weighted by molar-refractivity contribution is 0.0768. The van der Waals surface area contributed by atoms with E-state index in [1.165, 1.54) is 5.56 Å². The minimum Gasteiger partial charge on any atom is -0.488 e. The highest BCUT2D eigenvalue weighted by molar-refractivity contribution is 5.29. The van der Waals surface area contributed by atoms with Crippen molar-refractivity contribution in [2.24, 2.45) is 0 Å². The fourth-order valence-electron chi connectivity index (χ4n) is 1.90. The molecule has 0 aliphatic carbocycles. The minimum absolute atomic E-state index is 0.145. The van der Waals surface area contributed by atoms with Gasteiger partial charge in [0.1, 0.15) is 11.4 Å². The third-order valence-corrected chi connectivity index (χ3v) is 2.63. The molecule has 0 unspecified atom stereocenters. The van der Waals surface area contributed by atoms with E-state index in [1.54, 1.807) is 0 Å². The second-order valence-electron chi connectivity index (χ2n) is 5.37. The lowest BCUT2D eigenvalue weighted by Gasteiger charge is -2.25. The first-order valence-electron chi connectivity index (χ1n) is 6.15. The molecule has 1 fully saturated rings. The van der Waals surface area contributed by atoms with E-state index in [0.29, 0.717) is 6.04 Å². The molecule has 0 saturated carbocycles. The first-order chi connectivity index (χ1) is 8.04. The predicted molar refractivity (Wildman–Crippen MR) is 68.4 cm³/mol. The summed E-state index contributed by atoms with van der Waals surface area (Å²) in [7, 11) is 0. The molecule has 1 aliphatic rings. The van der Waals surface area contributed by atoms with Crippen molar-refractivity contribution in [2.45, 2.75) is 32.4 Å². The van der Waals surface area contributed by atoms with Gasteiger partial charge in [-0.1, -0.05) is 12.1 Å². The predicted octanol–water partition coefficient (Wildman–Crippen LogP) is 2.52. The van der Waals surface area contributed by atoms with E-state index in [0.717, 1.165) is 25.5 Å². The number of benzene rings is 1. The molecule has 2 rings (SSSR count). The van der Waals surface area contributed by atoms with E-state index < -0.39 is 0 Å². The molecule has 1 aliphatic heterocycles.